The lowest BCUT2D eigenvalue weighted by atomic mass is 9.97. The zero-order valence-electron chi connectivity index (χ0n) is 11.9. The summed E-state index contributed by atoms with van der Waals surface area (Å²) in [7, 11) is 2.85. The van der Waals surface area contributed by atoms with Crippen LogP contribution < -0.4 is 9.47 Å². The summed E-state index contributed by atoms with van der Waals surface area (Å²) in [6.45, 7) is 1.47. The molecule has 0 aliphatic rings. The third-order valence-corrected chi connectivity index (χ3v) is 3.22. The fourth-order valence-electron chi connectivity index (χ4n) is 2.08. The highest BCUT2D eigenvalue weighted by molar-refractivity contribution is 5.89. The summed E-state index contributed by atoms with van der Waals surface area (Å²) in [4.78, 5) is 11.2. The molecule has 0 aliphatic heterocycles. The molecule has 0 bridgehead atoms. The maximum atomic E-state index is 14.1. The van der Waals surface area contributed by atoms with Crippen LogP contribution in [0.4, 0.5) is 8.78 Å². The van der Waals surface area contributed by atoms with Crippen LogP contribution in [0.15, 0.2) is 24.3 Å². The zero-order valence-corrected chi connectivity index (χ0v) is 11.9. The molecule has 0 saturated heterocycles. The number of aryl methyl sites for hydroxylation is 1. The molecule has 0 spiro atoms. The average molecular weight is 292 g/mol. The third-order valence-electron chi connectivity index (χ3n) is 3.22. The molecule has 2 aromatic rings. The van der Waals surface area contributed by atoms with E-state index >= 15 is 0 Å². The van der Waals surface area contributed by atoms with Gasteiger partial charge in [-0.1, -0.05) is 0 Å². The van der Waals surface area contributed by atoms with Crippen LogP contribution in [-0.4, -0.2) is 20.5 Å². The quantitative estimate of drug-likeness (QED) is 0.805. The molecular formula is C16H14F2O3. The monoisotopic (exact) mass is 292 g/mol. The van der Waals surface area contributed by atoms with Crippen LogP contribution in [0.3, 0.4) is 0 Å². The first kappa shape index (κ1) is 15.0. The van der Waals surface area contributed by atoms with Crippen molar-refractivity contribution in [1.29, 1.82) is 0 Å². The Labute approximate surface area is 121 Å². The second kappa shape index (κ2) is 5.91. The molecule has 0 N–H and O–H groups in total. The Balaban J connectivity index is 2.73. The summed E-state index contributed by atoms with van der Waals surface area (Å²) in [6, 6.07) is 5.04. The molecule has 0 atom stereocenters. The lowest BCUT2D eigenvalue weighted by Gasteiger charge is -2.13. The topological polar surface area (TPSA) is 35.5 Å². The van der Waals surface area contributed by atoms with Crippen LogP contribution in [0.1, 0.15) is 15.9 Å². The first-order valence-electron chi connectivity index (χ1n) is 6.19. The molecule has 110 valence electrons. The van der Waals surface area contributed by atoms with E-state index in [1.54, 1.807) is 0 Å². The molecule has 0 fully saturated rings. The highest BCUT2D eigenvalue weighted by atomic mass is 19.1. The Hall–Kier alpha value is -2.43. The van der Waals surface area contributed by atoms with Crippen LogP contribution >= 0.6 is 0 Å². The highest BCUT2D eigenvalue weighted by Gasteiger charge is 2.16. The molecule has 0 unspecified atom stereocenters. The summed E-state index contributed by atoms with van der Waals surface area (Å²) in [5.41, 5.74) is 0.638. The zero-order chi connectivity index (χ0) is 15.6. The third kappa shape index (κ3) is 2.72. The largest absolute Gasteiger partial charge is 0.493 e. The van der Waals surface area contributed by atoms with Crippen molar-refractivity contribution in [3.8, 4) is 22.6 Å². The predicted molar refractivity (Wildman–Crippen MR) is 75.0 cm³/mol. The van der Waals surface area contributed by atoms with Crippen LogP contribution in [0, 0.1) is 18.6 Å². The number of carbonyl (C=O) groups is 1. The number of hydrogen-bond acceptors (Lipinski definition) is 3. The van der Waals surface area contributed by atoms with Gasteiger partial charge >= 0.3 is 0 Å². The van der Waals surface area contributed by atoms with Crippen molar-refractivity contribution in [2.45, 2.75) is 6.92 Å². The molecule has 5 heteroatoms. The maximum Gasteiger partial charge on any atom is 0.161 e. The number of aldehydes is 1. The van der Waals surface area contributed by atoms with E-state index in [1.807, 2.05) is 0 Å². The van der Waals surface area contributed by atoms with Crippen molar-refractivity contribution in [3.05, 3.63) is 47.0 Å². The minimum Gasteiger partial charge on any atom is -0.493 e. The lowest BCUT2D eigenvalue weighted by Crippen LogP contribution is -1.98. The van der Waals surface area contributed by atoms with Gasteiger partial charge in [-0.25, -0.2) is 8.78 Å². The van der Waals surface area contributed by atoms with E-state index in [0.29, 0.717) is 17.8 Å². The molecule has 21 heavy (non-hydrogen) atoms. The Morgan fingerprint density at radius 3 is 2.10 bits per heavy atom. The number of hydrogen-bond donors (Lipinski definition) is 0. The molecule has 3 nitrogen and oxygen atoms in total. The SMILES string of the molecule is COc1cc(C=O)c(-c2cc(F)c(C)cc2F)cc1OC. The van der Waals surface area contributed by atoms with Crippen molar-refractivity contribution < 1.29 is 23.0 Å². The van der Waals surface area contributed by atoms with Gasteiger partial charge in [0, 0.05) is 11.1 Å². The summed E-state index contributed by atoms with van der Waals surface area (Å²) in [5.74, 6) is -0.475. The van der Waals surface area contributed by atoms with Gasteiger partial charge in [-0.15, -0.1) is 0 Å². The molecular weight excluding hydrogens is 278 g/mol. The Bertz CT molecular complexity index is 696. The average Bonchev–Trinajstić information content (AvgIpc) is 2.49. The van der Waals surface area contributed by atoms with Gasteiger partial charge in [0.25, 0.3) is 0 Å². The van der Waals surface area contributed by atoms with Crippen molar-refractivity contribution in [2.24, 2.45) is 0 Å². The van der Waals surface area contributed by atoms with E-state index in [4.69, 9.17) is 9.47 Å². The fraction of sp³-hybridized carbons (Fsp3) is 0.188. The van der Waals surface area contributed by atoms with Crippen LogP contribution in [0.25, 0.3) is 11.1 Å². The number of halogens is 2. The fourth-order valence-corrected chi connectivity index (χ4v) is 2.08. The number of benzene rings is 2. The molecule has 0 saturated carbocycles. The van der Waals surface area contributed by atoms with Crippen molar-refractivity contribution in [3.63, 3.8) is 0 Å². The highest BCUT2D eigenvalue weighted by Crippen LogP contribution is 2.36. The van der Waals surface area contributed by atoms with Gasteiger partial charge in [-0.05, 0) is 42.3 Å². The number of ether oxygens (including phenoxy) is 2. The molecule has 0 heterocycles. The van der Waals surface area contributed by atoms with Crippen LogP contribution in [-0.2, 0) is 0 Å². The minimum atomic E-state index is -0.607. The molecule has 0 radical (unpaired) electrons. The van der Waals surface area contributed by atoms with Gasteiger partial charge in [0.2, 0.25) is 0 Å². The van der Waals surface area contributed by atoms with Crippen molar-refractivity contribution in [1.82, 2.24) is 0 Å². The van der Waals surface area contributed by atoms with Gasteiger partial charge in [0.1, 0.15) is 11.6 Å². The summed E-state index contributed by atoms with van der Waals surface area (Å²) in [5, 5.41) is 0. The van der Waals surface area contributed by atoms with E-state index in [-0.39, 0.29) is 22.3 Å². The van der Waals surface area contributed by atoms with Crippen LogP contribution in [0.5, 0.6) is 11.5 Å². The van der Waals surface area contributed by atoms with E-state index < -0.39 is 11.6 Å². The van der Waals surface area contributed by atoms with E-state index in [0.717, 1.165) is 12.1 Å². The first-order chi connectivity index (χ1) is 10.0. The van der Waals surface area contributed by atoms with E-state index in [2.05, 4.69) is 0 Å². The van der Waals surface area contributed by atoms with E-state index in [1.165, 1.54) is 33.3 Å². The second-order valence-electron chi connectivity index (χ2n) is 4.49. The second-order valence-corrected chi connectivity index (χ2v) is 4.49. The normalized spacial score (nSPS) is 10.3. The molecule has 0 aromatic heterocycles. The van der Waals surface area contributed by atoms with Gasteiger partial charge in [0.05, 0.1) is 14.2 Å². The lowest BCUT2D eigenvalue weighted by molar-refractivity contribution is 0.112. The maximum absolute atomic E-state index is 14.1. The summed E-state index contributed by atoms with van der Waals surface area (Å²) < 4.78 is 38.0. The van der Waals surface area contributed by atoms with Crippen molar-refractivity contribution >= 4 is 6.29 Å². The van der Waals surface area contributed by atoms with Gasteiger partial charge in [0.15, 0.2) is 17.8 Å². The van der Waals surface area contributed by atoms with Gasteiger partial charge < -0.3 is 9.47 Å². The minimum absolute atomic E-state index is 0.00107. The Morgan fingerprint density at radius 1 is 0.905 bits per heavy atom. The van der Waals surface area contributed by atoms with Crippen LogP contribution in [0.2, 0.25) is 0 Å². The first-order valence-corrected chi connectivity index (χ1v) is 6.19. The smallest absolute Gasteiger partial charge is 0.161 e. The standard InChI is InChI=1S/C16H14F2O3/c1-9-4-14(18)12(6-13(9)17)11-7-16(21-3)15(20-2)5-10(11)8-19/h4-8H,1-3H3. The Kier molecular flexibility index (Phi) is 4.21. The van der Waals surface area contributed by atoms with Crippen molar-refractivity contribution in [2.75, 3.05) is 14.2 Å². The summed E-state index contributed by atoms with van der Waals surface area (Å²) >= 11 is 0. The predicted octanol–water partition coefficient (Wildman–Crippen LogP) is 3.77. The number of carbonyl (C=O) groups excluding carboxylic acids is 1. The van der Waals surface area contributed by atoms with Gasteiger partial charge in [-0.3, -0.25) is 4.79 Å². The molecule has 0 aliphatic carbocycles. The number of rotatable bonds is 4. The molecule has 2 aromatic carbocycles. The molecule has 0 amide bonds. The van der Waals surface area contributed by atoms with Gasteiger partial charge in [-0.2, -0.15) is 0 Å². The summed E-state index contributed by atoms with van der Waals surface area (Å²) in [6.07, 6.45) is 0.564. The Morgan fingerprint density at radius 2 is 1.52 bits per heavy atom. The number of methoxy groups -OCH3 is 2. The van der Waals surface area contributed by atoms with E-state index in [9.17, 15) is 13.6 Å². The molecule has 2 rings (SSSR count).